The molecule has 118 valence electrons. The molecule has 0 aliphatic carbocycles. The van der Waals surface area contributed by atoms with Gasteiger partial charge in [0.05, 0.1) is 12.8 Å². The summed E-state index contributed by atoms with van der Waals surface area (Å²) in [4.78, 5) is 14.9. The van der Waals surface area contributed by atoms with Crippen LogP contribution < -0.4 is 4.74 Å². The van der Waals surface area contributed by atoms with Crippen molar-refractivity contribution < 1.29 is 9.53 Å². The predicted octanol–water partition coefficient (Wildman–Crippen LogP) is 2.78. The van der Waals surface area contributed by atoms with Gasteiger partial charge >= 0.3 is 0 Å². The summed E-state index contributed by atoms with van der Waals surface area (Å²) in [7, 11) is 3.39. The summed E-state index contributed by atoms with van der Waals surface area (Å²) in [5.74, 6) is 0.611. The fourth-order valence-corrected chi connectivity index (χ4v) is 3.57. The fraction of sp³-hybridized carbons (Fsp3) is 0.750. The molecule has 0 aromatic carbocycles. The molecular formula is C16H27N3O2. The number of carbonyl (C=O) groups excluding carboxylic acids is 1. The van der Waals surface area contributed by atoms with Gasteiger partial charge in [0.2, 0.25) is 5.88 Å². The van der Waals surface area contributed by atoms with Gasteiger partial charge in [-0.05, 0) is 31.6 Å². The van der Waals surface area contributed by atoms with Crippen LogP contribution in [0.15, 0.2) is 0 Å². The molecule has 1 atom stereocenters. The number of methoxy groups -OCH3 is 1. The number of aryl methyl sites for hydroxylation is 2. The van der Waals surface area contributed by atoms with Gasteiger partial charge in [-0.1, -0.05) is 20.3 Å². The number of aromatic nitrogens is 2. The summed E-state index contributed by atoms with van der Waals surface area (Å²) >= 11 is 0. The SMILES string of the molecule is CCCC1(C)CCCN(C(=O)c2c(C)nn(C)c2OC)C1. The van der Waals surface area contributed by atoms with E-state index in [1.165, 1.54) is 12.8 Å². The first-order chi connectivity index (χ1) is 9.91. The zero-order chi connectivity index (χ0) is 15.6. The lowest BCUT2D eigenvalue weighted by atomic mass is 9.78. The van der Waals surface area contributed by atoms with Crippen molar-refractivity contribution in [1.29, 1.82) is 0 Å². The van der Waals surface area contributed by atoms with Crippen LogP contribution in [0.2, 0.25) is 0 Å². The van der Waals surface area contributed by atoms with Gasteiger partial charge in [-0.3, -0.25) is 4.79 Å². The van der Waals surface area contributed by atoms with Crippen molar-refractivity contribution >= 4 is 5.91 Å². The molecule has 21 heavy (non-hydrogen) atoms. The molecule has 1 aliphatic heterocycles. The van der Waals surface area contributed by atoms with E-state index in [-0.39, 0.29) is 11.3 Å². The molecule has 1 aromatic rings. The maximum Gasteiger partial charge on any atom is 0.261 e. The van der Waals surface area contributed by atoms with Gasteiger partial charge in [-0.15, -0.1) is 0 Å². The van der Waals surface area contributed by atoms with E-state index >= 15 is 0 Å². The third-order valence-corrected chi connectivity index (χ3v) is 4.50. The van der Waals surface area contributed by atoms with Crippen LogP contribution in [0.1, 0.15) is 55.6 Å². The van der Waals surface area contributed by atoms with E-state index in [1.54, 1.807) is 18.8 Å². The Morgan fingerprint density at radius 3 is 2.81 bits per heavy atom. The smallest absolute Gasteiger partial charge is 0.261 e. The Balaban J connectivity index is 2.24. The number of hydrogen-bond donors (Lipinski definition) is 0. The summed E-state index contributed by atoms with van der Waals surface area (Å²) in [5.41, 5.74) is 1.59. The number of likely N-dealkylation sites (tertiary alicyclic amines) is 1. The average Bonchev–Trinajstić information content (AvgIpc) is 2.71. The van der Waals surface area contributed by atoms with Crippen LogP contribution in [0.25, 0.3) is 0 Å². The zero-order valence-corrected chi connectivity index (χ0v) is 13.9. The number of rotatable bonds is 4. The first-order valence-corrected chi connectivity index (χ1v) is 7.78. The number of carbonyl (C=O) groups is 1. The minimum atomic E-state index is 0.0551. The molecule has 0 bridgehead atoms. The molecule has 5 nitrogen and oxygen atoms in total. The predicted molar refractivity (Wildman–Crippen MR) is 82.6 cm³/mol. The summed E-state index contributed by atoms with van der Waals surface area (Å²) in [6, 6.07) is 0. The van der Waals surface area contributed by atoms with Gasteiger partial charge in [0, 0.05) is 20.1 Å². The minimum absolute atomic E-state index is 0.0551. The molecule has 1 aliphatic rings. The molecule has 5 heteroatoms. The molecule has 1 unspecified atom stereocenters. The van der Waals surface area contributed by atoms with Gasteiger partial charge < -0.3 is 9.64 Å². The minimum Gasteiger partial charge on any atom is -0.481 e. The van der Waals surface area contributed by atoms with Gasteiger partial charge in [0.15, 0.2) is 0 Å². The number of amides is 1. The number of nitrogens with zero attached hydrogens (tertiary/aromatic N) is 3. The second kappa shape index (κ2) is 6.08. The van der Waals surface area contributed by atoms with Crippen molar-refractivity contribution in [1.82, 2.24) is 14.7 Å². The summed E-state index contributed by atoms with van der Waals surface area (Å²) in [6.45, 7) is 8.03. The van der Waals surface area contributed by atoms with Crippen molar-refractivity contribution in [3.63, 3.8) is 0 Å². The van der Waals surface area contributed by atoms with Gasteiger partial charge in [-0.2, -0.15) is 5.10 Å². The van der Waals surface area contributed by atoms with Crippen LogP contribution in [-0.4, -0.2) is 40.8 Å². The van der Waals surface area contributed by atoms with Crippen molar-refractivity contribution in [3.05, 3.63) is 11.3 Å². The second-order valence-electron chi connectivity index (χ2n) is 6.48. The number of ether oxygens (including phenoxy) is 1. The van der Waals surface area contributed by atoms with Crippen LogP contribution in [0, 0.1) is 12.3 Å². The van der Waals surface area contributed by atoms with E-state index in [0.717, 1.165) is 31.6 Å². The largest absolute Gasteiger partial charge is 0.481 e. The van der Waals surface area contributed by atoms with E-state index in [1.807, 2.05) is 11.8 Å². The Morgan fingerprint density at radius 1 is 1.48 bits per heavy atom. The molecule has 1 fully saturated rings. The summed E-state index contributed by atoms with van der Waals surface area (Å²) in [6.07, 6.45) is 4.60. The topological polar surface area (TPSA) is 47.4 Å². The highest BCUT2D eigenvalue weighted by Gasteiger charge is 2.35. The average molecular weight is 293 g/mol. The molecule has 1 saturated heterocycles. The van der Waals surface area contributed by atoms with Crippen LogP contribution in [0.4, 0.5) is 0 Å². The van der Waals surface area contributed by atoms with Crippen molar-refractivity contribution in [2.24, 2.45) is 12.5 Å². The van der Waals surface area contributed by atoms with Crippen molar-refractivity contribution in [2.45, 2.75) is 46.5 Å². The standard InChI is InChI=1S/C16H27N3O2/c1-6-8-16(3)9-7-10-19(11-16)14(20)13-12(2)17-18(4)15(13)21-5/h6-11H2,1-5H3. The highest BCUT2D eigenvalue weighted by atomic mass is 16.5. The Kier molecular flexibility index (Phi) is 4.59. The van der Waals surface area contributed by atoms with Crippen LogP contribution in [0.5, 0.6) is 5.88 Å². The Labute approximate surface area is 127 Å². The van der Waals surface area contributed by atoms with E-state index in [2.05, 4.69) is 18.9 Å². The summed E-state index contributed by atoms with van der Waals surface area (Å²) < 4.78 is 7.00. The third kappa shape index (κ3) is 3.06. The molecule has 0 spiro atoms. The Bertz CT molecular complexity index is 520. The van der Waals surface area contributed by atoms with E-state index in [4.69, 9.17) is 4.74 Å². The van der Waals surface area contributed by atoms with Crippen LogP contribution >= 0.6 is 0 Å². The first kappa shape index (κ1) is 15.9. The molecule has 1 aromatic heterocycles. The zero-order valence-electron chi connectivity index (χ0n) is 13.9. The van der Waals surface area contributed by atoms with Crippen molar-refractivity contribution in [3.8, 4) is 5.88 Å². The highest BCUT2D eigenvalue weighted by Crippen LogP contribution is 2.35. The quantitative estimate of drug-likeness (QED) is 0.857. The fourth-order valence-electron chi connectivity index (χ4n) is 3.57. The normalized spacial score (nSPS) is 22.4. The van der Waals surface area contributed by atoms with Crippen molar-refractivity contribution in [2.75, 3.05) is 20.2 Å². The summed E-state index contributed by atoms with van der Waals surface area (Å²) in [5, 5.41) is 4.31. The lowest BCUT2D eigenvalue weighted by Gasteiger charge is -2.40. The number of piperidine rings is 1. The molecular weight excluding hydrogens is 266 g/mol. The molecule has 0 saturated carbocycles. The Morgan fingerprint density at radius 2 is 2.19 bits per heavy atom. The number of hydrogen-bond acceptors (Lipinski definition) is 3. The van der Waals surface area contributed by atoms with E-state index in [0.29, 0.717) is 11.4 Å². The molecule has 2 rings (SSSR count). The van der Waals surface area contributed by atoms with Gasteiger partial charge in [0.1, 0.15) is 5.56 Å². The maximum atomic E-state index is 12.9. The van der Waals surface area contributed by atoms with E-state index in [9.17, 15) is 4.79 Å². The van der Waals surface area contributed by atoms with E-state index < -0.39 is 0 Å². The second-order valence-corrected chi connectivity index (χ2v) is 6.48. The lowest BCUT2D eigenvalue weighted by Crippen LogP contribution is -2.45. The highest BCUT2D eigenvalue weighted by molar-refractivity contribution is 5.97. The van der Waals surface area contributed by atoms with Gasteiger partial charge in [0.25, 0.3) is 5.91 Å². The third-order valence-electron chi connectivity index (χ3n) is 4.50. The van der Waals surface area contributed by atoms with Gasteiger partial charge in [-0.25, -0.2) is 4.68 Å². The Hall–Kier alpha value is -1.52. The molecule has 2 heterocycles. The first-order valence-electron chi connectivity index (χ1n) is 7.78. The monoisotopic (exact) mass is 293 g/mol. The van der Waals surface area contributed by atoms with Crippen LogP contribution in [0.3, 0.4) is 0 Å². The lowest BCUT2D eigenvalue weighted by molar-refractivity contribution is 0.0526. The molecule has 0 N–H and O–H groups in total. The molecule has 1 amide bonds. The maximum absolute atomic E-state index is 12.9. The van der Waals surface area contributed by atoms with Crippen LogP contribution in [-0.2, 0) is 7.05 Å². The molecule has 0 radical (unpaired) electrons.